The van der Waals surface area contributed by atoms with Crippen LogP contribution in [0.4, 0.5) is 0 Å². The summed E-state index contributed by atoms with van der Waals surface area (Å²) in [5.74, 6) is 0.202. The third-order valence-electron chi connectivity index (χ3n) is 4.78. The van der Waals surface area contributed by atoms with E-state index < -0.39 is 0 Å². The van der Waals surface area contributed by atoms with Crippen LogP contribution in [0.1, 0.15) is 31.0 Å². The van der Waals surface area contributed by atoms with Gasteiger partial charge in [-0.15, -0.1) is 0 Å². The molecular weight excluding hydrogens is 274 g/mol. The molecule has 4 nitrogen and oxygen atoms in total. The molecule has 0 spiro atoms. The van der Waals surface area contributed by atoms with Gasteiger partial charge >= 0.3 is 0 Å². The standard InChI is InChI=1S/C18H25N3O/c1-13-16(17-5-3-4-6-18(17)20-13)7-10-19-15-8-11-21(12-9-15)14(2)22/h3-6,15,19-20H,7-12H2,1-2H3. The number of H-pyrrole nitrogens is 1. The highest BCUT2D eigenvalue weighted by atomic mass is 16.2. The van der Waals surface area contributed by atoms with Crippen LogP contribution in [0, 0.1) is 6.92 Å². The topological polar surface area (TPSA) is 48.1 Å². The minimum absolute atomic E-state index is 0.202. The Labute approximate surface area is 131 Å². The summed E-state index contributed by atoms with van der Waals surface area (Å²) in [6.45, 7) is 6.58. The smallest absolute Gasteiger partial charge is 0.219 e. The van der Waals surface area contributed by atoms with Gasteiger partial charge in [-0.1, -0.05) is 18.2 Å². The summed E-state index contributed by atoms with van der Waals surface area (Å²) in [5, 5.41) is 5.00. The van der Waals surface area contributed by atoms with E-state index in [9.17, 15) is 4.79 Å². The van der Waals surface area contributed by atoms with Gasteiger partial charge in [0, 0.05) is 42.7 Å². The Hall–Kier alpha value is -1.81. The first-order valence-corrected chi connectivity index (χ1v) is 8.20. The molecule has 0 unspecified atom stereocenters. The first-order valence-electron chi connectivity index (χ1n) is 8.20. The van der Waals surface area contributed by atoms with Crippen molar-refractivity contribution < 1.29 is 4.79 Å². The first kappa shape index (κ1) is 15.1. The van der Waals surface area contributed by atoms with Crippen LogP contribution in [0.15, 0.2) is 24.3 Å². The van der Waals surface area contributed by atoms with Gasteiger partial charge in [-0.05, 0) is 44.4 Å². The van der Waals surface area contributed by atoms with E-state index in [2.05, 4.69) is 41.5 Å². The van der Waals surface area contributed by atoms with Crippen LogP contribution in [0.2, 0.25) is 0 Å². The van der Waals surface area contributed by atoms with Crippen molar-refractivity contribution in [1.82, 2.24) is 15.2 Å². The number of piperidine rings is 1. The molecule has 2 heterocycles. The average molecular weight is 299 g/mol. The Kier molecular flexibility index (Phi) is 4.48. The highest BCUT2D eigenvalue weighted by Gasteiger charge is 2.20. The zero-order valence-electron chi connectivity index (χ0n) is 13.5. The molecule has 0 aliphatic carbocycles. The number of aromatic amines is 1. The van der Waals surface area contributed by atoms with Crippen molar-refractivity contribution in [2.45, 2.75) is 39.2 Å². The molecule has 1 amide bonds. The molecule has 2 N–H and O–H groups in total. The fourth-order valence-electron chi connectivity index (χ4n) is 3.46. The lowest BCUT2D eigenvalue weighted by Gasteiger charge is -2.31. The van der Waals surface area contributed by atoms with Crippen LogP contribution in [-0.4, -0.2) is 41.5 Å². The van der Waals surface area contributed by atoms with Crippen LogP contribution in [0.5, 0.6) is 0 Å². The Morgan fingerprint density at radius 3 is 2.77 bits per heavy atom. The van der Waals surface area contributed by atoms with Gasteiger partial charge in [-0.3, -0.25) is 4.79 Å². The Morgan fingerprint density at radius 1 is 1.32 bits per heavy atom. The number of hydrogen-bond donors (Lipinski definition) is 2. The van der Waals surface area contributed by atoms with Crippen LogP contribution in [0.3, 0.4) is 0 Å². The van der Waals surface area contributed by atoms with E-state index in [1.165, 1.54) is 22.2 Å². The minimum atomic E-state index is 0.202. The molecule has 1 aromatic carbocycles. The van der Waals surface area contributed by atoms with E-state index in [0.717, 1.165) is 38.9 Å². The maximum Gasteiger partial charge on any atom is 0.219 e. The third-order valence-corrected chi connectivity index (χ3v) is 4.78. The highest BCUT2D eigenvalue weighted by Crippen LogP contribution is 2.22. The summed E-state index contributed by atoms with van der Waals surface area (Å²) >= 11 is 0. The van der Waals surface area contributed by atoms with Gasteiger partial charge in [-0.2, -0.15) is 0 Å². The monoisotopic (exact) mass is 299 g/mol. The Bertz CT molecular complexity index is 653. The van der Waals surface area contributed by atoms with Gasteiger partial charge in [0.1, 0.15) is 0 Å². The molecular formula is C18H25N3O. The summed E-state index contributed by atoms with van der Waals surface area (Å²) in [6, 6.07) is 9.05. The summed E-state index contributed by atoms with van der Waals surface area (Å²) in [5.41, 5.74) is 3.92. The normalized spacial score (nSPS) is 16.4. The summed E-state index contributed by atoms with van der Waals surface area (Å²) in [7, 11) is 0. The number of carbonyl (C=O) groups is 1. The van der Waals surface area contributed by atoms with Crippen molar-refractivity contribution in [3.05, 3.63) is 35.5 Å². The van der Waals surface area contributed by atoms with Gasteiger partial charge in [0.25, 0.3) is 0 Å². The fourth-order valence-corrected chi connectivity index (χ4v) is 3.46. The third kappa shape index (κ3) is 3.17. The molecule has 0 atom stereocenters. The van der Waals surface area contributed by atoms with E-state index in [-0.39, 0.29) is 5.91 Å². The molecule has 0 bridgehead atoms. The summed E-state index contributed by atoms with van der Waals surface area (Å²) in [6.07, 6.45) is 3.17. The van der Waals surface area contributed by atoms with E-state index >= 15 is 0 Å². The lowest BCUT2D eigenvalue weighted by atomic mass is 10.0. The number of aryl methyl sites for hydroxylation is 1. The average Bonchev–Trinajstić information content (AvgIpc) is 2.84. The number of rotatable bonds is 4. The van der Waals surface area contributed by atoms with Gasteiger partial charge in [0.2, 0.25) is 5.91 Å². The molecule has 3 rings (SSSR count). The Balaban J connectivity index is 1.53. The quantitative estimate of drug-likeness (QED) is 0.912. The zero-order valence-corrected chi connectivity index (χ0v) is 13.5. The maximum atomic E-state index is 11.3. The molecule has 1 aliphatic rings. The van der Waals surface area contributed by atoms with Crippen LogP contribution in [-0.2, 0) is 11.2 Å². The van der Waals surface area contributed by atoms with E-state index in [0.29, 0.717) is 6.04 Å². The number of benzene rings is 1. The van der Waals surface area contributed by atoms with Crippen LogP contribution in [0.25, 0.3) is 10.9 Å². The number of hydrogen-bond acceptors (Lipinski definition) is 2. The number of para-hydroxylation sites is 1. The lowest BCUT2D eigenvalue weighted by Crippen LogP contribution is -2.44. The van der Waals surface area contributed by atoms with Gasteiger partial charge in [0.15, 0.2) is 0 Å². The number of aromatic nitrogens is 1. The number of carbonyl (C=O) groups excluding carboxylic acids is 1. The summed E-state index contributed by atoms with van der Waals surface area (Å²) in [4.78, 5) is 16.7. The molecule has 0 saturated carbocycles. The molecule has 1 fully saturated rings. The molecule has 22 heavy (non-hydrogen) atoms. The highest BCUT2D eigenvalue weighted by molar-refractivity contribution is 5.84. The number of nitrogens with one attached hydrogen (secondary N) is 2. The molecule has 1 aliphatic heterocycles. The SMILES string of the molecule is CC(=O)N1CCC(NCCc2c(C)[nH]c3ccccc23)CC1. The molecule has 1 aromatic heterocycles. The number of likely N-dealkylation sites (tertiary alicyclic amines) is 1. The van der Waals surface area contributed by atoms with E-state index in [1.54, 1.807) is 6.92 Å². The zero-order chi connectivity index (χ0) is 15.5. The molecule has 4 heteroatoms. The van der Waals surface area contributed by atoms with E-state index in [1.807, 2.05) is 4.90 Å². The molecule has 0 radical (unpaired) electrons. The first-order chi connectivity index (χ1) is 10.6. The predicted octanol–water partition coefficient (Wildman–Crippen LogP) is 2.62. The predicted molar refractivity (Wildman–Crippen MR) is 90.0 cm³/mol. The number of fused-ring (bicyclic) bond motifs is 1. The number of amides is 1. The van der Waals surface area contributed by atoms with Crippen molar-refractivity contribution in [3.63, 3.8) is 0 Å². The van der Waals surface area contributed by atoms with E-state index in [4.69, 9.17) is 0 Å². The van der Waals surface area contributed by atoms with Crippen molar-refractivity contribution >= 4 is 16.8 Å². The van der Waals surface area contributed by atoms with Gasteiger partial charge in [0.05, 0.1) is 0 Å². The van der Waals surface area contributed by atoms with Crippen molar-refractivity contribution in [2.24, 2.45) is 0 Å². The number of nitrogens with zero attached hydrogens (tertiary/aromatic N) is 1. The fraction of sp³-hybridized carbons (Fsp3) is 0.500. The molecule has 118 valence electrons. The van der Waals surface area contributed by atoms with Crippen LogP contribution >= 0.6 is 0 Å². The molecule has 1 saturated heterocycles. The Morgan fingerprint density at radius 2 is 2.05 bits per heavy atom. The second-order valence-corrected chi connectivity index (χ2v) is 6.26. The van der Waals surface area contributed by atoms with Crippen molar-refractivity contribution in [1.29, 1.82) is 0 Å². The van der Waals surface area contributed by atoms with Gasteiger partial charge in [-0.25, -0.2) is 0 Å². The second-order valence-electron chi connectivity index (χ2n) is 6.26. The molecule has 2 aromatic rings. The second kappa shape index (κ2) is 6.53. The van der Waals surface area contributed by atoms with Crippen LogP contribution < -0.4 is 5.32 Å². The minimum Gasteiger partial charge on any atom is -0.358 e. The maximum absolute atomic E-state index is 11.3. The van der Waals surface area contributed by atoms with Crippen molar-refractivity contribution in [3.8, 4) is 0 Å². The van der Waals surface area contributed by atoms with Crippen molar-refractivity contribution in [2.75, 3.05) is 19.6 Å². The van der Waals surface area contributed by atoms with Gasteiger partial charge < -0.3 is 15.2 Å². The largest absolute Gasteiger partial charge is 0.358 e. The lowest BCUT2D eigenvalue weighted by molar-refractivity contribution is -0.129. The summed E-state index contributed by atoms with van der Waals surface area (Å²) < 4.78 is 0.